The number of esters is 1. The van der Waals surface area contributed by atoms with Gasteiger partial charge in [-0.1, -0.05) is 23.5 Å². The lowest BCUT2D eigenvalue weighted by Crippen LogP contribution is -2.39. The minimum absolute atomic E-state index is 0.264. The number of aromatic nitrogens is 2. The Morgan fingerprint density at radius 2 is 1.91 bits per heavy atom. The van der Waals surface area contributed by atoms with Crippen LogP contribution < -0.4 is 24.4 Å². The lowest BCUT2D eigenvalue weighted by Gasteiger charge is -2.25. The predicted octanol–water partition coefficient (Wildman–Crippen LogP) is 2.60. The largest absolute Gasteiger partial charge is 0.490 e. The molecule has 0 spiro atoms. The molecule has 9 heteroatoms. The van der Waals surface area contributed by atoms with Crippen LogP contribution >= 0.6 is 11.3 Å². The summed E-state index contributed by atoms with van der Waals surface area (Å²) < 4.78 is 18.5. The molecule has 1 unspecified atom stereocenters. The van der Waals surface area contributed by atoms with Crippen LogP contribution in [0.1, 0.15) is 38.1 Å². The van der Waals surface area contributed by atoms with E-state index >= 15 is 0 Å². The van der Waals surface area contributed by atoms with Crippen molar-refractivity contribution < 1.29 is 19.0 Å². The second-order valence-corrected chi connectivity index (χ2v) is 8.41. The zero-order valence-corrected chi connectivity index (χ0v) is 20.2. The van der Waals surface area contributed by atoms with Gasteiger partial charge < -0.3 is 14.2 Å². The fourth-order valence-electron chi connectivity index (χ4n) is 3.84. The Hall–Kier alpha value is -3.72. The third-order valence-electron chi connectivity index (χ3n) is 5.28. The summed E-state index contributed by atoms with van der Waals surface area (Å²) in [6.45, 7) is 6.44. The average molecular weight is 480 g/mol. The Kier molecular flexibility index (Phi) is 6.93. The Morgan fingerprint density at radius 1 is 1.15 bits per heavy atom. The van der Waals surface area contributed by atoms with Crippen LogP contribution in [0, 0.1) is 0 Å². The molecule has 3 heterocycles. The second-order valence-electron chi connectivity index (χ2n) is 7.40. The van der Waals surface area contributed by atoms with Crippen molar-refractivity contribution in [1.29, 1.82) is 0 Å². The van der Waals surface area contributed by atoms with Crippen LogP contribution in [0.4, 0.5) is 0 Å². The Labute approximate surface area is 200 Å². The molecule has 0 aliphatic carbocycles. The van der Waals surface area contributed by atoms with E-state index in [1.165, 1.54) is 23.0 Å². The highest BCUT2D eigenvalue weighted by Crippen LogP contribution is 2.36. The maximum absolute atomic E-state index is 13.6. The van der Waals surface area contributed by atoms with E-state index in [4.69, 9.17) is 14.2 Å². The number of hydrogen-bond donors (Lipinski definition) is 0. The van der Waals surface area contributed by atoms with Crippen LogP contribution in [0.15, 0.2) is 63.7 Å². The van der Waals surface area contributed by atoms with E-state index in [-0.39, 0.29) is 5.56 Å². The number of nitrogens with zero attached hydrogens (tertiary/aromatic N) is 3. The van der Waals surface area contributed by atoms with Gasteiger partial charge in [0.1, 0.15) is 0 Å². The number of rotatable bonds is 7. The first-order chi connectivity index (χ1) is 16.5. The van der Waals surface area contributed by atoms with Crippen molar-refractivity contribution in [3.05, 3.63) is 84.8 Å². The van der Waals surface area contributed by atoms with Gasteiger partial charge in [-0.3, -0.25) is 14.3 Å². The standard InChI is InChI=1S/C25H25N3O5S/c1-5-32-18-11-10-16(13-19(18)33-6-2)22-21(24(30)31-4)15(3)27-25-28(22)23(29)20(34-25)14-17-9-7-8-12-26-17/h7-14,22H,5-6H2,1-4H3. The van der Waals surface area contributed by atoms with Crippen LogP contribution in [0.25, 0.3) is 6.08 Å². The molecule has 0 saturated carbocycles. The number of carbonyl (C=O) groups is 1. The van der Waals surface area contributed by atoms with Crippen molar-refractivity contribution in [2.24, 2.45) is 4.99 Å². The summed E-state index contributed by atoms with van der Waals surface area (Å²) >= 11 is 1.25. The third kappa shape index (κ3) is 4.38. The normalized spacial score (nSPS) is 15.5. The number of fused-ring (bicyclic) bond motifs is 1. The van der Waals surface area contributed by atoms with Crippen LogP contribution in [0.5, 0.6) is 11.5 Å². The molecule has 3 aromatic rings. The zero-order valence-electron chi connectivity index (χ0n) is 19.4. The van der Waals surface area contributed by atoms with E-state index in [1.807, 2.05) is 38.1 Å². The monoisotopic (exact) mass is 479 g/mol. The Balaban J connectivity index is 1.96. The molecule has 1 aliphatic rings. The minimum Gasteiger partial charge on any atom is -0.490 e. The van der Waals surface area contributed by atoms with E-state index < -0.39 is 12.0 Å². The lowest BCUT2D eigenvalue weighted by molar-refractivity contribution is -0.136. The number of ether oxygens (including phenoxy) is 3. The highest BCUT2D eigenvalue weighted by Gasteiger charge is 2.33. The lowest BCUT2D eigenvalue weighted by atomic mass is 9.95. The molecule has 0 saturated heterocycles. The van der Waals surface area contributed by atoms with Gasteiger partial charge in [0.2, 0.25) is 0 Å². The Morgan fingerprint density at radius 3 is 2.59 bits per heavy atom. The molecule has 0 amide bonds. The van der Waals surface area contributed by atoms with Crippen LogP contribution in [0.3, 0.4) is 0 Å². The number of hydrogen-bond acceptors (Lipinski definition) is 8. The topological polar surface area (TPSA) is 92.0 Å². The van der Waals surface area contributed by atoms with Crippen molar-refractivity contribution in [3.8, 4) is 11.5 Å². The van der Waals surface area contributed by atoms with Crippen molar-refractivity contribution in [2.75, 3.05) is 20.3 Å². The maximum atomic E-state index is 13.6. The third-order valence-corrected chi connectivity index (χ3v) is 6.26. The fraction of sp³-hybridized carbons (Fsp3) is 0.280. The fourth-order valence-corrected chi connectivity index (χ4v) is 4.87. The summed E-state index contributed by atoms with van der Waals surface area (Å²) in [7, 11) is 1.32. The number of methoxy groups -OCH3 is 1. The summed E-state index contributed by atoms with van der Waals surface area (Å²) in [6.07, 6.45) is 3.39. The van der Waals surface area contributed by atoms with Crippen molar-refractivity contribution >= 4 is 23.4 Å². The summed E-state index contributed by atoms with van der Waals surface area (Å²) in [5, 5.41) is 0. The number of allylic oxidation sites excluding steroid dienone is 1. The molecule has 4 rings (SSSR count). The first kappa shape index (κ1) is 23.4. The Bertz CT molecular complexity index is 1420. The predicted molar refractivity (Wildman–Crippen MR) is 129 cm³/mol. The number of thiazole rings is 1. The zero-order chi connectivity index (χ0) is 24.2. The van der Waals surface area contributed by atoms with E-state index in [1.54, 1.807) is 31.3 Å². The number of benzene rings is 1. The number of carbonyl (C=O) groups excluding carboxylic acids is 1. The van der Waals surface area contributed by atoms with Gasteiger partial charge in [0.25, 0.3) is 5.56 Å². The molecule has 1 aromatic carbocycles. The molecule has 34 heavy (non-hydrogen) atoms. The first-order valence-electron chi connectivity index (χ1n) is 10.9. The highest BCUT2D eigenvalue weighted by molar-refractivity contribution is 7.07. The molecule has 0 N–H and O–H groups in total. The summed E-state index contributed by atoms with van der Waals surface area (Å²) in [5.74, 6) is 0.587. The quantitative estimate of drug-likeness (QED) is 0.484. The van der Waals surface area contributed by atoms with E-state index in [9.17, 15) is 9.59 Å². The summed E-state index contributed by atoms with van der Waals surface area (Å²) in [6, 6.07) is 10.2. The van der Waals surface area contributed by atoms with Gasteiger partial charge in [0.05, 0.1) is 47.9 Å². The van der Waals surface area contributed by atoms with E-state index in [0.717, 1.165) is 0 Å². The summed E-state index contributed by atoms with van der Waals surface area (Å²) in [5.41, 5.74) is 1.88. The van der Waals surface area contributed by atoms with E-state index in [2.05, 4.69) is 9.98 Å². The van der Waals surface area contributed by atoms with Gasteiger partial charge in [-0.15, -0.1) is 0 Å². The van der Waals surface area contributed by atoms with E-state index in [0.29, 0.717) is 56.6 Å². The smallest absolute Gasteiger partial charge is 0.338 e. The van der Waals surface area contributed by atoms with Gasteiger partial charge in [0, 0.05) is 6.20 Å². The van der Waals surface area contributed by atoms with Crippen LogP contribution in [-0.2, 0) is 9.53 Å². The molecule has 1 atom stereocenters. The van der Waals surface area contributed by atoms with Gasteiger partial charge in [0.15, 0.2) is 16.3 Å². The minimum atomic E-state index is -0.732. The molecular weight excluding hydrogens is 454 g/mol. The van der Waals surface area contributed by atoms with Crippen molar-refractivity contribution in [3.63, 3.8) is 0 Å². The molecule has 0 bridgehead atoms. The van der Waals surface area contributed by atoms with Crippen LogP contribution in [-0.4, -0.2) is 35.8 Å². The van der Waals surface area contributed by atoms with Crippen LogP contribution in [0.2, 0.25) is 0 Å². The molecule has 8 nitrogen and oxygen atoms in total. The van der Waals surface area contributed by atoms with Gasteiger partial charge in [-0.05, 0) is 56.7 Å². The van der Waals surface area contributed by atoms with Crippen molar-refractivity contribution in [2.45, 2.75) is 26.8 Å². The SMILES string of the molecule is CCOc1ccc(C2C(C(=O)OC)=C(C)N=c3sc(=Cc4ccccn4)c(=O)n32)cc1OCC. The average Bonchev–Trinajstić information content (AvgIpc) is 3.14. The number of pyridine rings is 1. The molecule has 1 aliphatic heterocycles. The van der Waals surface area contributed by atoms with Gasteiger partial charge in [-0.25, -0.2) is 9.79 Å². The summed E-state index contributed by atoms with van der Waals surface area (Å²) in [4.78, 5) is 35.7. The van der Waals surface area contributed by atoms with Crippen molar-refractivity contribution in [1.82, 2.24) is 9.55 Å². The maximum Gasteiger partial charge on any atom is 0.338 e. The van der Waals surface area contributed by atoms with Gasteiger partial charge >= 0.3 is 5.97 Å². The second kappa shape index (κ2) is 10.0. The highest BCUT2D eigenvalue weighted by atomic mass is 32.1. The molecule has 176 valence electrons. The molecule has 0 fully saturated rings. The molecule has 0 radical (unpaired) electrons. The first-order valence-corrected chi connectivity index (χ1v) is 11.7. The molecule has 2 aromatic heterocycles. The van der Waals surface area contributed by atoms with Gasteiger partial charge in [-0.2, -0.15) is 0 Å². The molecular formula is C25H25N3O5S.